The fraction of sp³-hybridized carbons (Fsp3) is 0.341. The second-order valence-electron chi connectivity index (χ2n) is 14.5. The summed E-state index contributed by atoms with van der Waals surface area (Å²) in [4.78, 5) is 34.0. The van der Waals surface area contributed by atoms with E-state index in [0.29, 0.717) is 42.9 Å². The molecular weight excluding hydrogens is 673 g/mol. The molecule has 2 aromatic heterocycles. The number of allylic oxidation sites excluding steroid dienone is 1. The van der Waals surface area contributed by atoms with Gasteiger partial charge in [-0.1, -0.05) is 54.6 Å². The van der Waals surface area contributed by atoms with Crippen LogP contribution in [0.1, 0.15) is 37.7 Å². The molecule has 268 valence electrons. The van der Waals surface area contributed by atoms with E-state index < -0.39 is 18.0 Å². The summed E-state index contributed by atoms with van der Waals surface area (Å²) < 4.78 is 29.2. The van der Waals surface area contributed by atoms with Crippen molar-refractivity contribution in [1.82, 2.24) is 24.8 Å². The predicted octanol–water partition coefficient (Wildman–Crippen LogP) is 6.75. The fourth-order valence-corrected chi connectivity index (χ4v) is 8.98. The average Bonchev–Trinajstić information content (AvgIpc) is 3.82. The molecule has 53 heavy (non-hydrogen) atoms. The van der Waals surface area contributed by atoms with Gasteiger partial charge in [0.15, 0.2) is 5.82 Å². The molecule has 0 saturated carbocycles. The molecular formula is C41H38FN7O4. The minimum absolute atomic E-state index is 0.00111. The van der Waals surface area contributed by atoms with Crippen molar-refractivity contribution in [1.29, 1.82) is 5.26 Å². The smallest absolute Gasteiger partial charge is 0.410 e. The van der Waals surface area contributed by atoms with Crippen LogP contribution >= 0.6 is 0 Å². The van der Waals surface area contributed by atoms with Gasteiger partial charge in [-0.05, 0) is 79.2 Å². The van der Waals surface area contributed by atoms with Gasteiger partial charge in [0.2, 0.25) is 0 Å². The Morgan fingerprint density at radius 1 is 1.04 bits per heavy atom. The van der Waals surface area contributed by atoms with Gasteiger partial charge < -0.3 is 19.5 Å². The van der Waals surface area contributed by atoms with Gasteiger partial charge in [0.05, 0.1) is 29.1 Å². The lowest BCUT2D eigenvalue weighted by Gasteiger charge is -2.41. The van der Waals surface area contributed by atoms with Gasteiger partial charge in [-0.3, -0.25) is 14.8 Å². The number of anilines is 1. The molecule has 2 atom stereocenters. The molecule has 4 aliphatic heterocycles. The van der Waals surface area contributed by atoms with E-state index in [9.17, 15) is 15.2 Å². The van der Waals surface area contributed by atoms with Crippen molar-refractivity contribution in [3.63, 3.8) is 0 Å². The van der Waals surface area contributed by atoms with Gasteiger partial charge in [-0.25, -0.2) is 9.18 Å². The van der Waals surface area contributed by atoms with Crippen LogP contribution in [0.5, 0.6) is 11.8 Å². The fourth-order valence-electron chi connectivity index (χ4n) is 8.98. The number of carbonyl (C=O) groups is 1. The number of aromatic nitrogens is 3. The van der Waals surface area contributed by atoms with Crippen LogP contribution in [0.2, 0.25) is 0 Å². The topological polar surface area (TPSA) is 128 Å². The third kappa shape index (κ3) is 5.85. The van der Waals surface area contributed by atoms with E-state index in [0.717, 1.165) is 60.7 Å². The summed E-state index contributed by atoms with van der Waals surface area (Å²) in [5.74, 6) is -0.202. The summed E-state index contributed by atoms with van der Waals surface area (Å²) in [6.07, 6.45) is 7.41. The number of hydrogen-bond donors (Lipinski definition) is 1. The van der Waals surface area contributed by atoms with Gasteiger partial charge in [-0.15, -0.1) is 0 Å². The second-order valence-corrected chi connectivity index (χ2v) is 14.5. The molecule has 0 aliphatic carbocycles. The number of phenolic OH excluding ortho intramolecular Hbond substituents is 1. The van der Waals surface area contributed by atoms with E-state index in [1.165, 1.54) is 12.1 Å². The van der Waals surface area contributed by atoms with Crippen LogP contribution in [0, 0.1) is 17.1 Å². The Morgan fingerprint density at radius 3 is 2.64 bits per heavy atom. The first-order valence-electron chi connectivity index (χ1n) is 18.2. The summed E-state index contributed by atoms with van der Waals surface area (Å²) in [5.41, 5.74) is 2.19. The van der Waals surface area contributed by atoms with Crippen LogP contribution in [0.4, 0.5) is 15.0 Å². The van der Waals surface area contributed by atoms with Gasteiger partial charge in [0.25, 0.3) is 0 Å². The molecule has 2 unspecified atom stereocenters. The molecule has 5 aromatic rings. The summed E-state index contributed by atoms with van der Waals surface area (Å²) in [6, 6.07) is 21.6. The Morgan fingerprint density at radius 2 is 1.83 bits per heavy atom. The standard InChI is InChI=1S/C41H38FN7O4/c42-35-36(32-20-30(50)19-27-10-4-5-11-31(27)32)44-21-33-37(35)45-39(53-25-41-13-6-16-48(41)17-7-14-41)46-38(33)47-22-29-18-28(12-15-43)34(23-47)49(29)40(51)52-24-26-8-2-1-3-9-26/h1-5,8-12,19-21,29,34,50H,6-7,13-14,16-18,22-25H2/b28-12+. The largest absolute Gasteiger partial charge is 0.508 e. The van der Waals surface area contributed by atoms with Gasteiger partial charge in [0.1, 0.15) is 36.0 Å². The molecule has 1 N–H and O–H groups in total. The summed E-state index contributed by atoms with van der Waals surface area (Å²) >= 11 is 0. The Kier molecular flexibility index (Phi) is 8.31. The monoisotopic (exact) mass is 711 g/mol. The lowest BCUT2D eigenvalue weighted by atomic mass is 9.95. The van der Waals surface area contributed by atoms with Crippen LogP contribution in [0.25, 0.3) is 32.9 Å². The van der Waals surface area contributed by atoms with Crippen molar-refractivity contribution in [2.24, 2.45) is 0 Å². The summed E-state index contributed by atoms with van der Waals surface area (Å²) in [6.45, 7) is 3.27. The second kappa shape index (κ2) is 13.3. The molecule has 0 radical (unpaired) electrons. The van der Waals surface area contributed by atoms with E-state index in [1.54, 1.807) is 17.2 Å². The maximum absolute atomic E-state index is 17.0. The number of aromatic hydroxyl groups is 1. The number of phenols is 1. The van der Waals surface area contributed by atoms with Gasteiger partial charge in [0, 0.05) is 30.9 Å². The molecule has 4 aliphatic rings. The number of ether oxygens (including phenoxy) is 2. The lowest BCUT2D eigenvalue weighted by Crippen LogP contribution is -2.56. The number of nitrogens with zero attached hydrogens (tertiary/aromatic N) is 7. The normalized spacial score (nSPS) is 21.3. The number of benzene rings is 3. The number of halogens is 1. The maximum Gasteiger partial charge on any atom is 0.410 e. The van der Waals surface area contributed by atoms with Crippen LogP contribution in [-0.4, -0.2) is 86.4 Å². The molecule has 0 spiro atoms. The number of nitriles is 1. The molecule has 11 nitrogen and oxygen atoms in total. The van der Waals surface area contributed by atoms with E-state index in [-0.39, 0.29) is 41.2 Å². The molecule has 4 fully saturated rings. The first-order chi connectivity index (χ1) is 25.9. The van der Waals surface area contributed by atoms with Crippen LogP contribution < -0.4 is 9.64 Å². The first kappa shape index (κ1) is 33.1. The Balaban J connectivity index is 1.10. The van der Waals surface area contributed by atoms with Crippen LogP contribution in [0.15, 0.2) is 84.6 Å². The number of carbonyl (C=O) groups excluding carboxylic acids is 1. The zero-order valence-corrected chi connectivity index (χ0v) is 29.1. The Labute approximate surface area is 305 Å². The van der Waals surface area contributed by atoms with Crippen molar-refractivity contribution in [2.75, 3.05) is 37.7 Å². The number of amides is 1. The molecule has 3 aromatic carbocycles. The third-order valence-corrected chi connectivity index (χ3v) is 11.4. The van der Waals surface area contributed by atoms with Crippen LogP contribution in [0.3, 0.4) is 0 Å². The van der Waals surface area contributed by atoms with Crippen LogP contribution in [-0.2, 0) is 11.3 Å². The number of fused-ring (bicyclic) bond motifs is 5. The first-order valence-corrected chi connectivity index (χ1v) is 18.2. The number of rotatable bonds is 7. The van der Waals surface area contributed by atoms with Crippen molar-refractivity contribution in [3.05, 3.63) is 96.0 Å². The highest BCUT2D eigenvalue weighted by molar-refractivity contribution is 6.00. The quantitative estimate of drug-likeness (QED) is 0.181. The summed E-state index contributed by atoms with van der Waals surface area (Å²) in [5, 5.41) is 22.1. The maximum atomic E-state index is 17.0. The minimum Gasteiger partial charge on any atom is -0.508 e. The molecule has 9 rings (SSSR count). The highest BCUT2D eigenvalue weighted by Gasteiger charge is 2.48. The predicted molar refractivity (Wildman–Crippen MR) is 197 cm³/mol. The zero-order valence-electron chi connectivity index (χ0n) is 29.1. The van der Waals surface area contributed by atoms with E-state index >= 15 is 4.39 Å². The molecule has 2 bridgehead atoms. The third-order valence-electron chi connectivity index (χ3n) is 11.4. The highest BCUT2D eigenvalue weighted by Crippen LogP contribution is 2.42. The van der Waals surface area contributed by atoms with Gasteiger partial charge in [-0.2, -0.15) is 15.2 Å². The van der Waals surface area contributed by atoms with Crippen molar-refractivity contribution >= 4 is 33.6 Å². The van der Waals surface area contributed by atoms with Crippen molar-refractivity contribution in [3.8, 4) is 29.1 Å². The average molecular weight is 712 g/mol. The number of pyridine rings is 1. The van der Waals surface area contributed by atoms with E-state index in [2.05, 4.69) is 16.0 Å². The molecule has 4 saturated heterocycles. The Hall–Kier alpha value is -5.80. The number of piperazine rings is 1. The lowest BCUT2D eigenvalue weighted by molar-refractivity contribution is 0.0753. The number of hydrogen-bond acceptors (Lipinski definition) is 10. The molecule has 6 heterocycles. The highest BCUT2D eigenvalue weighted by atomic mass is 19.1. The van der Waals surface area contributed by atoms with E-state index in [1.807, 2.05) is 59.5 Å². The van der Waals surface area contributed by atoms with Gasteiger partial charge >= 0.3 is 12.1 Å². The minimum atomic E-state index is -0.649. The molecule has 12 heteroatoms. The summed E-state index contributed by atoms with van der Waals surface area (Å²) in [7, 11) is 0. The molecule has 1 amide bonds. The van der Waals surface area contributed by atoms with E-state index in [4.69, 9.17) is 19.4 Å². The van der Waals surface area contributed by atoms with Crippen molar-refractivity contribution < 1.29 is 23.8 Å². The van der Waals surface area contributed by atoms with Crippen molar-refractivity contribution in [2.45, 2.75) is 56.3 Å². The zero-order chi connectivity index (χ0) is 36.1. The Bertz CT molecular complexity index is 2300. The SMILES string of the molecule is N#C/C=C1\CC2CN(c3nc(OCC45CCCN4CCC5)nc4c(F)c(-c5cc(O)cc6ccccc56)ncc34)CC1N2C(=O)OCc1ccccc1.